The van der Waals surface area contributed by atoms with Gasteiger partial charge in [0.2, 0.25) is 0 Å². The highest BCUT2D eigenvalue weighted by atomic mass is 16.5. The van der Waals surface area contributed by atoms with Gasteiger partial charge < -0.3 is 9.64 Å². The van der Waals surface area contributed by atoms with E-state index in [1.165, 1.54) is 10.8 Å². The van der Waals surface area contributed by atoms with Crippen molar-refractivity contribution in [2.75, 3.05) is 4.90 Å². The predicted molar refractivity (Wildman–Crippen MR) is 114 cm³/mol. The highest BCUT2D eigenvalue weighted by Gasteiger charge is 2.13. The molecule has 134 valence electrons. The Morgan fingerprint density at radius 3 is 1.89 bits per heavy atom. The second kappa shape index (κ2) is 7.55. The number of ether oxygens (including phenoxy) is 1. The van der Waals surface area contributed by atoms with Gasteiger partial charge in [-0.1, -0.05) is 48.5 Å². The number of para-hydroxylation sites is 1. The Bertz CT molecular complexity index is 1020. The molecule has 0 radical (unpaired) electrons. The Kier molecular flexibility index (Phi) is 4.80. The molecule has 4 aromatic rings. The first kappa shape index (κ1) is 17.2. The van der Waals surface area contributed by atoms with Gasteiger partial charge in [0.25, 0.3) is 0 Å². The standard InChI is InChI=1S/C25H23NO/c1-19(2)27-25-16-14-23(15-17-25)26(22-10-4-3-5-11-22)24-13-12-20-8-6-7-9-21(20)18-24/h3-19H,1-2H3. The van der Waals surface area contributed by atoms with E-state index >= 15 is 0 Å². The number of fused-ring (bicyclic) bond motifs is 1. The van der Waals surface area contributed by atoms with Gasteiger partial charge in [-0.15, -0.1) is 0 Å². The summed E-state index contributed by atoms with van der Waals surface area (Å²) in [7, 11) is 0. The van der Waals surface area contributed by atoms with Gasteiger partial charge in [-0.25, -0.2) is 0 Å². The minimum Gasteiger partial charge on any atom is -0.491 e. The molecular weight excluding hydrogens is 330 g/mol. The molecular formula is C25H23NO. The molecule has 0 bridgehead atoms. The predicted octanol–water partition coefficient (Wildman–Crippen LogP) is 7.10. The van der Waals surface area contributed by atoms with Crippen LogP contribution in [0.1, 0.15) is 13.8 Å². The van der Waals surface area contributed by atoms with Gasteiger partial charge in [-0.05, 0) is 73.2 Å². The maximum absolute atomic E-state index is 5.80. The van der Waals surface area contributed by atoms with Crippen LogP contribution < -0.4 is 9.64 Å². The van der Waals surface area contributed by atoms with Gasteiger partial charge in [-0.2, -0.15) is 0 Å². The summed E-state index contributed by atoms with van der Waals surface area (Å²) in [5, 5.41) is 2.48. The van der Waals surface area contributed by atoms with E-state index in [-0.39, 0.29) is 6.10 Å². The van der Waals surface area contributed by atoms with Crippen molar-refractivity contribution in [1.82, 2.24) is 0 Å². The molecule has 2 nitrogen and oxygen atoms in total. The van der Waals surface area contributed by atoms with Crippen LogP contribution in [-0.2, 0) is 0 Å². The summed E-state index contributed by atoms with van der Waals surface area (Å²) in [4.78, 5) is 2.27. The number of hydrogen-bond acceptors (Lipinski definition) is 2. The smallest absolute Gasteiger partial charge is 0.119 e. The Morgan fingerprint density at radius 1 is 0.593 bits per heavy atom. The van der Waals surface area contributed by atoms with Gasteiger partial charge >= 0.3 is 0 Å². The van der Waals surface area contributed by atoms with E-state index in [0.717, 1.165) is 22.8 Å². The van der Waals surface area contributed by atoms with E-state index in [4.69, 9.17) is 4.74 Å². The molecule has 0 aliphatic heterocycles. The van der Waals surface area contributed by atoms with Gasteiger partial charge in [-0.3, -0.25) is 0 Å². The lowest BCUT2D eigenvalue weighted by atomic mass is 10.1. The van der Waals surface area contributed by atoms with Crippen molar-refractivity contribution < 1.29 is 4.74 Å². The molecule has 0 aliphatic rings. The van der Waals surface area contributed by atoms with Crippen LogP contribution in [0, 0.1) is 0 Å². The first-order valence-corrected chi connectivity index (χ1v) is 9.31. The van der Waals surface area contributed by atoms with E-state index in [2.05, 4.69) is 83.8 Å². The second-order valence-electron chi connectivity index (χ2n) is 6.86. The fourth-order valence-corrected chi connectivity index (χ4v) is 3.29. The highest BCUT2D eigenvalue weighted by Crippen LogP contribution is 2.36. The fraction of sp³-hybridized carbons (Fsp3) is 0.120. The van der Waals surface area contributed by atoms with Crippen LogP contribution in [-0.4, -0.2) is 6.10 Å². The molecule has 27 heavy (non-hydrogen) atoms. The molecule has 4 aromatic carbocycles. The van der Waals surface area contributed by atoms with Crippen molar-refractivity contribution in [3.8, 4) is 5.75 Å². The molecule has 0 spiro atoms. The summed E-state index contributed by atoms with van der Waals surface area (Å²) < 4.78 is 5.80. The summed E-state index contributed by atoms with van der Waals surface area (Å²) >= 11 is 0. The largest absolute Gasteiger partial charge is 0.491 e. The minimum atomic E-state index is 0.168. The number of anilines is 3. The molecule has 0 heterocycles. The van der Waals surface area contributed by atoms with Crippen LogP contribution in [0.5, 0.6) is 5.75 Å². The zero-order valence-corrected chi connectivity index (χ0v) is 15.7. The molecule has 2 heteroatoms. The summed E-state index contributed by atoms with van der Waals surface area (Å²) in [6.45, 7) is 4.08. The summed E-state index contributed by atoms with van der Waals surface area (Å²) in [6, 6.07) is 33.8. The normalized spacial score (nSPS) is 10.9. The maximum atomic E-state index is 5.80. The summed E-state index contributed by atoms with van der Waals surface area (Å²) in [5.74, 6) is 0.889. The SMILES string of the molecule is CC(C)Oc1ccc(N(c2ccccc2)c2ccc3ccccc3c2)cc1. The zero-order chi connectivity index (χ0) is 18.6. The van der Waals surface area contributed by atoms with E-state index < -0.39 is 0 Å². The van der Waals surface area contributed by atoms with Crippen LogP contribution in [0.2, 0.25) is 0 Å². The van der Waals surface area contributed by atoms with Crippen molar-refractivity contribution in [2.45, 2.75) is 20.0 Å². The topological polar surface area (TPSA) is 12.5 Å². The first-order valence-electron chi connectivity index (χ1n) is 9.31. The lowest BCUT2D eigenvalue weighted by molar-refractivity contribution is 0.242. The van der Waals surface area contributed by atoms with E-state index in [1.807, 2.05) is 32.0 Å². The molecule has 0 amide bonds. The second-order valence-corrected chi connectivity index (χ2v) is 6.86. The van der Waals surface area contributed by atoms with Crippen LogP contribution in [0.3, 0.4) is 0 Å². The fourth-order valence-electron chi connectivity index (χ4n) is 3.29. The monoisotopic (exact) mass is 353 g/mol. The zero-order valence-electron chi connectivity index (χ0n) is 15.7. The average Bonchev–Trinajstić information content (AvgIpc) is 2.70. The molecule has 0 atom stereocenters. The Balaban J connectivity index is 1.79. The lowest BCUT2D eigenvalue weighted by Gasteiger charge is -2.26. The molecule has 0 N–H and O–H groups in total. The van der Waals surface area contributed by atoms with Crippen LogP contribution in [0.25, 0.3) is 10.8 Å². The minimum absolute atomic E-state index is 0.168. The third-order valence-electron chi connectivity index (χ3n) is 4.47. The van der Waals surface area contributed by atoms with Gasteiger partial charge in [0, 0.05) is 17.1 Å². The van der Waals surface area contributed by atoms with Crippen molar-refractivity contribution in [1.29, 1.82) is 0 Å². The van der Waals surface area contributed by atoms with Gasteiger partial charge in [0.05, 0.1) is 6.10 Å². The Morgan fingerprint density at radius 2 is 1.19 bits per heavy atom. The molecule has 0 unspecified atom stereocenters. The third kappa shape index (κ3) is 3.80. The summed E-state index contributed by atoms with van der Waals surface area (Å²) in [5.41, 5.74) is 3.37. The van der Waals surface area contributed by atoms with Crippen LogP contribution >= 0.6 is 0 Å². The quantitative estimate of drug-likeness (QED) is 0.379. The Labute approximate surface area is 160 Å². The first-order chi connectivity index (χ1) is 13.2. The number of rotatable bonds is 5. The van der Waals surface area contributed by atoms with Crippen LogP contribution in [0.4, 0.5) is 17.1 Å². The highest BCUT2D eigenvalue weighted by molar-refractivity contribution is 5.89. The average molecular weight is 353 g/mol. The van der Waals surface area contributed by atoms with E-state index in [9.17, 15) is 0 Å². The Hall–Kier alpha value is -3.26. The molecule has 0 aliphatic carbocycles. The van der Waals surface area contributed by atoms with Crippen molar-refractivity contribution in [2.24, 2.45) is 0 Å². The third-order valence-corrected chi connectivity index (χ3v) is 4.47. The molecule has 0 saturated carbocycles. The number of nitrogens with zero attached hydrogens (tertiary/aromatic N) is 1. The van der Waals surface area contributed by atoms with Crippen molar-refractivity contribution >= 4 is 27.8 Å². The lowest BCUT2D eigenvalue weighted by Crippen LogP contribution is -2.10. The molecule has 0 fully saturated rings. The van der Waals surface area contributed by atoms with Gasteiger partial charge in [0.15, 0.2) is 0 Å². The summed E-state index contributed by atoms with van der Waals surface area (Å²) in [6.07, 6.45) is 0.168. The number of hydrogen-bond donors (Lipinski definition) is 0. The maximum Gasteiger partial charge on any atom is 0.119 e. The van der Waals surface area contributed by atoms with E-state index in [0.29, 0.717) is 0 Å². The van der Waals surface area contributed by atoms with Crippen molar-refractivity contribution in [3.63, 3.8) is 0 Å². The van der Waals surface area contributed by atoms with Gasteiger partial charge in [0.1, 0.15) is 5.75 Å². The molecule has 0 saturated heterocycles. The number of benzene rings is 4. The van der Waals surface area contributed by atoms with E-state index in [1.54, 1.807) is 0 Å². The van der Waals surface area contributed by atoms with Crippen LogP contribution in [0.15, 0.2) is 97.1 Å². The molecule has 4 rings (SSSR count). The molecule has 0 aromatic heterocycles. The van der Waals surface area contributed by atoms with Crippen molar-refractivity contribution in [3.05, 3.63) is 97.1 Å².